The van der Waals surface area contributed by atoms with E-state index in [4.69, 9.17) is 9.47 Å². The van der Waals surface area contributed by atoms with Gasteiger partial charge in [0.05, 0.1) is 6.61 Å². The predicted molar refractivity (Wildman–Crippen MR) is 95.1 cm³/mol. The van der Waals surface area contributed by atoms with Crippen LogP contribution >= 0.6 is 11.3 Å². The van der Waals surface area contributed by atoms with Crippen molar-refractivity contribution in [2.24, 2.45) is 0 Å². The van der Waals surface area contributed by atoms with E-state index in [9.17, 15) is 4.79 Å². The van der Waals surface area contributed by atoms with Crippen molar-refractivity contribution >= 4 is 17.3 Å². The quantitative estimate of drug-likeness (QED) is 0.723. The number of rotatable bonds is 7. The number of carbonyl (C=O) groups is 1. The number of nitrogens with zero attached hydrogens (tertiary/aromatic N) is 1. The molecule has 24 heavy (non-hydrogen) atoms. The predicted octanol–water partition coefficient (Wildman–Crippen LogP) is 3.12. The molecule has 3 rings (SSSR count). The van der Waals surface area contributed by atoms with E-state index in [1.807, 2.05) is 17.5 Å². The van der Waals surface area contributed by atoms with Crippen LogP contribution in [0.4, 0.5) is 0 Å². The third kappa shape index (κ3) is 5.44. The summed E-state index contributed by atoms with van der Waals surface area (Å²) in [6.45, 7) is 3.65. The number of thiophene rings is 1. The molecule has 0 aliphatic carbocycles. The number of morpholine rings is 1. The summed E-state index contributed by atoms with van der Waals surface area (Å²) >= 11 is 1.65. The van der Waals surface area contributed by atoms with Crippen molar-refractivity contribution in [1.29, 1.82) is 0 Å². The fraction of sp³-hybridized carbons (Fsp3) is 0.421. The minimum absolute atomic E-state index is 0.0347. The van der Waals surface area contributed by atoms with E-state index in [1.54, 1.807) is 11.3 Å². The first-order chi connectivity index (χ1) is 11.8. The minimum atomic E-state index is -0.148. The molecule has 0 spiro atoms. The van der Waals surface area contributed by atoms with Crippen molar-refractivity contribution in [2.75, 3.05) is 26.3 Å². The maximum Gasteiger partial charge on any atom is 0.306 e. The van der Waals surface area contributed by atoms with Crippen molar-refractivity contribution in [2.45, 2.75) is 25.5 Å². The topological polar surface area (TPSA) is 38.8 Å². The largest absolute Gasteiger partial charge is 0.463 e. The molecule has 0 bridgehead atoms. The van der Waals surface area contributed by atoms with Gasteiger partial charge in [-0.25, -0.2) is 0 Å². The fourth-order valence-corrected chi connectivity index (χ4v) is 3.51. The Bertz CT molecular complexity index is 615. The van der Waals surface area contributed by atoms with E-state index in [0.29, 0.717) is 19.6 Å². The molecule has 2 aromatic rings. The summed E-state index contributed by atoms with van der Waals surface area (Å²) in [5.41, 5.74) is 2.49. The Morgan fingerprint density at radius 1 is 1.25 bits per heavy atom. The third-order valence-corrected chi connectivity index (χ3v) is 4.83. The van der Waals surface area contributed by atoms with E-state index in [0.717, 1.165) is 26.1 Å². The van der Waals surface area contributed by atoms with Gasteiger partial charge in [-0.05, 0) is 34.4 Å². The van der Waals surface area contributed by atoms with Crippen LogP contribution in [-0.2, 0) is 27.2 Å². The maximum absolute atomic E-state index is 11.9. The Hall–Kier alpha value is -1.69. The highest BCUT2D eigenvalue weighted by Crippen LogP contribution is 2.12. The molecule has 1 aromatic carbocycles. The highest BCUT2D eigenvalue weighted by molar-refractivity contribution is 7.07. The van der Waals surface area contributed by atoms with Gasteiger partial charge in [-0.3, -0.25) is 9.69 Å². The Balaban J connectivity index is 1.38. The standard InChI is InChI=1S/C19H23NO3S/c21-19(7-6-17-8-11-24-15-17)23-14-18-13-20(9-10-22-18)12-16-4-2-1-3-5-16/h1-5,8,11,15,18H,6-7,9-10,12-14H2. The van der Waals surface area contributed by atoms with Crippen molar-refractivity contribution in [3.05, 3.63) is 58.3 Å². The summed E-state index contributed by atoms with van der Waals surface area (Å²) in [4.78, 5) is 14.2. The second kappa shape index (κ2) is 8.97. The van der Waals surface area contributed by atoms with E-state index >= 15 is 0 Å². The van der Waals surface area contributed by atoms with Gasteiger partial charge in [0.2, 0.25) is 0 Å². The van der Waals surface area contributed by atoms with Gasteiger partial charge in [-0.15, -0.1) is 0 Å². The first-order valence-corrected chi connectivity index (χ1v) is 9.28. The second-order valence-corrected chi connectivity index (χ2v) is 6.81. The van der Waals surface area contributed by atoms with Crippen LogP contribution in [0.15, 0.2) is 47.2 Å². The zero-order valence-electron chi connectivity index (χ0n) is 13.7. The first kappa shape index (κ1) is 17.1. The van der Waals surface area contributed by atoms with Crippen molar-refractivity contribution < 1.29 is 14.3 Å². The van der Waals surface area contributed by atoms with Crippen molar-refractivity contribution in [1.82, 2.24) is 4.90 Å². The number of hydrogen-bond acceptors (Lipinski definition) is 5. The van der Waals surface area contributed by atoms with Crippen LogP contribution in [0.5, 0.6) is 0 Å². The number of benzene rings is 1. The fourth-order valence-electron chi connectivity index (χ4n) is 2.81. The molecule has 1 aliphatic heterocycles. The van der Waals surface area contributed by atoms with Crippen LogP contribution in [0.25, 0.3) is 0 Å². The molecule has 0 radical (unpaired) electrons. The number of esters is 1. The lowest BCUT2D eigenvalue weighted by Gasteiger charge is -2.32. The molecule has 1 fully saturated rings. The Morgan fingerprint density at radius 2 is 2.12 bits per heavy atom. The van der Waals surface area contributed by atoms with E-state index in [1.165, 1.54) is 11.1 Å². The van der Waals surface area contributed by atoms with E-state index in [2.05, 4.69) is 34.5 Å². The third-order valence-electron chi connectivity index (χ3n) is 4.10. The Morgan fingerprint density at radius 3 is 2.92 bits per heavy atom. The van der Waals surface area contributed by atoms with Crippen LogP contribution < -0.4 is 0 Å². The molecule has 1 aromatic heterocycles. The maximum atomic E-state index is 11.9. The van der Waals surface area contributed by atoms with Crippen LogP contribution in [0.1, 0.15) is 17.5 Å². The smallest absolute Gasteiger partial charge is 0.306 e. The molecule has 5 heteroatoms. The van der Waals surface area contributed by atoms with Gasteiger partial charge >= 0.3 is 5.97 Å². The Labute approximate surface area is 147 Å². The van der Waals surface area contributed by atoms with Gasteiger partial charge in [0.15, 0.2) is 0 Å². The van der Waals surface area contributed by atoms with Crippen LogP contribution in [0.2, 0.25) is 0 Å². The lowest BCUT2D eigenvalue weighted by Crippen LogP contribution is -2.44. The van der Waals surface area contributed by atoms with Crippen LogP contribution in [0.3, 0.4) is 0 Å². The number of carbonyl (C=O) groups excluding carboxylic acids is 1. The summed E-state index contributed by atoms with van der Waals surface area (Å²) in [5, 5.41) is 4.09. The summed E-state index contributed by atoms with van der Waals surface area (Å²) in [5.74, 6) is -0.148. The second-order valence-electron chi connectivity index (χ2n) is 6.03. The van der Waals surface area contributed by atoms with E-state index < -0.39 is 0 Å². The van der Waals surface area contributed by atoms with Gasteiger partial charge in [0, 0.05) is 26.1 Å². The molecule has 2 heterocycles. The molecule has 1 unspecified atom stereocenters. The van der Waals surface area contributed by atoms with Gasteiger partial charge in [-0.1, -0.05) is 30.3 Å². The molecule has 4 nitrogen and oxygen atoms in total. The summed E-state index contributed by atoms with van der Waals surface area (Å²) < 4.78 is 11.1. The SMILES string of the molecule is O=C(CCc1ccsc1)OCC1CN(Cc2ccccc2)CCO1. The number of aryl methyl sites for hydroxylation is 1. The van der Waals surface area contributed by atoms with E-state index in [-0.39, 0.29) is 12.1 Å². The minimum Gasteiger partial charge on any atom is -0.463 e. The number of ether oxygens (including phenoxy) is 2. The average Bonchev–Trinajstić information content (AvgIpc) is 3.13. The molecular formula is C19H23NO3S. The summed E-state index contributed by atoms with van der Waals surface area (Å²) in [7, 11) is 0. The molecule has 0 saturated carbocycles. The number of hydrogen-bond donors (Lipinski definition) is 0. The van der Waals surface area contributed by atoms with Crippen molar-refractivity contribution in [3.8, 4) is 0 Å². The van der Waals surface area contributed by atoms with Crippen LogP contribution in [0, 0.1) is 0 Å². The lowest BCUT2D eigenvalue weighted by molar-refractivity contribution is -0.150. The molecule has 1 aliphatic rings. The molecule has 1 saturated heterocycles. The van der Waals surface area contributed by atoms with Gasteiger partial charge in [0.1, 0.15) is 12.7 Å². The highest BCUT2D eigenvalue weighted by Gasteiger charge is 2.21. The van der Waals surface area contributed by atoms with Gasteiger partial charge in [0.25, 0.3) is 0 Å². The lowest BCUT2D eigenvalue weighted by atomic mass is 10.2. The zero-order chi connectivity index (χ0) is 16.6. The first-order valence-electron chi connectivity index (χ1n) is 8.34. The summed E-state index contributed by atoms with van der Waals surface area (Å²) in [6, 6.07) is 12.5. The summed E-state index contributed by atoms with van der Waals surface area (Å²) in [6.07, 6.45) is 1.14. The monoisotopic (exact) mass is 345 g/mol. The van der Waals surface area contributed by atoms with Crippen LogP contribution in [-0.4, -0.2) is 43.3 Å². The Kier molecular flexibility index (Phi) is 6.41. The molecule has 0 amide bonds. The van der Waals surface area contributed by atoms with Crippen molar-refractivity contribution in [3.63, 3.8) is 0 Å². The molecule has 128 valence electrons. The molecular weight excluding hydrogens is 322 g/mol. The van der Waals surface area contributed by atoms with Gasteiger partial charge in [-0.2, -0.15) is 11.3 Å². The molecule has 1 atom stereocenters. The van der Waals surface area contributed by atoms with Gasteiger partial charge < -0.3 is 9.47 Å². The highest BCUT2D eigenvalue weighted by atomic mass is 32.1. The zero-order valence-corrected chi connectivity index (χ0v) is 14.5. The average molecular weight is 345 g/mol. The molecule has 0 N–H and O–H groups in total. The normalized spacial score (nSPS) is 18.4.